The number of pyridine rings is 1. The Labute approximate surface area is 112 Å². The van der Waals surface area contributed by atoms with E-state index in [1.807, 2.05) is 17.7 Å². The van der Waals surface area contributed by atoms with Crippen molar-refractivity contribution in [3.63, 3.8) is 0 Å². The van der Waals surface area contributed by atoms with E-state index in [1.54, 1.807) is 6.33 Å². The van der Waals surface area contributed by atoms with Crippen molar-refractivity contribution in [2.75, 3.05) is 11.9 Å². The van der Waals surface area contributed by atoms with E-state index >= 15 is 0 Å². The van der Waals surface area contributed by atoms with Crippen molar-refractivity contribution in [2.45, 2.75) is 25.8 Å². The highest BCUT2D eigenvalue weighted by atomic mass is 35.5. The van der Waals surface area contributed by atoms with E-state index in [1.165, 1.54) is 12.8 Å². The molecule has 2 aromatic heterocycles. The van der Waals surface area contributed by atoms with Gasteiger partial charge in [0.1, 0.15) is 11.3 Å². The molecule has 0 aromatic carbocycles. The van der Waals surface area contributed by atoms with Crippen LogP contribution in [0.5, 0.6) is 0 Å². The van der Waals surface area contributed by atoms with Crippen LogP contribution in [-0.4, -0.2) is 27.6 Å². The molecule has 1 unspecified atom stereocenters. The number of nitrogens with zero attached hydrogens (tertiary/aromatic N) is 4. The smallest absolute Gasteiger partial charge is 0.163 e. The third-order valence-electron chi connectivity index (χ3n) is 3.88. The van der Waals surface area contributed by atoms with Crippen LogP contribution < -0.4 is 4.90 Å². The molecule has 0 bridgehead atoms. The number of aryl methyl sites for hydroxylation is 1. The summed E-state index contributed by atoms with van der Waals surface area (Å²) in [6.07, 6.45) is 4.40. The molecule has 1 fully saturated rings. The molecule has 18 heavy (non-hydrogen) atoms. The Hall–Kier alpha value is -1.29. The van der Waals surface area contributed by atoms with Crippen LogP contribution >= 0.6 is 11.6 Å². The minimum Gasteiger partial charge on any atom is -0.357 e. The van der Waals surface area contributed by atoms with Gasteiger partial charge in [-0.25, -0.2) is 9.97 Å². The number of hydrogen-bond acceptors (Lipinski definition) is 3. The summed E-state index contributed by atoms with van der Waals surface area (Å²) >= 11 is 6.28. The summed E-state index contributed by atoms with van der Waals surface area (Å²) in [5.41, 5.74) is 1.61. The Morgan fingerprint density at radius 3 is 2.89 bits per heavy atom. The first-order valence-corrected chi connectivity index (χ1v) is 6.66. The van der Waals surface area contributed by atoms with Crippen molar-refractivity contribution in [1.29, 1.82) is 0 Å². The molecule has 4 nitrogen and oxygen atoms in total. The maximum atomic E-state index is 6.28. The van der Waals surface area contributed by atoms with E-state index < -0.39 is 0 Å². The van der Waals surface area contributed by atoms with Gasteiger partial charge in [-0.15, -0.1) is 0 Å². The number of hydrogen-bond donors (Lipinski definition) is 0. The monoisotopic (exact) mass is 264 g/mol. The fourth-order valence-electron chi connectivity index (χ4n) is 2.33. The van der Waals surface area contributed by atoms with Crippen LogP contribution in [-0.2, 0) is 7.05 Å². The number of rotatable bonds is 3. The molecule has 96 valence electrons. The molecule has 0 aliphatic heterocycles. The summed E-state index contributed by atoms with van der Waals surface area (Å²) in [6, 6.07) is 2.43. The van der Waals surface area contributed by atoms with Crippen molar-refractivity contribution < 1.29 is 0 Å². The van der Waals surface area contributed by atoms with Crippen LogP contribution in [0.1, 0.15) is 19.8 Å². The Bertz CT molecular complexity index is 588. The highest BCUT2D eigenvalue weighted by Crippen LogP contribution is 2.36. The molecule has 2 aromatic rings. The lowest BCUT2D eigenvalue weighted by Gasteiger charge is -2.26. The zero-order chi connectivity index (χ0) is 12.9. The van der Waals surface area contributed by atoms with E-state index in [9.17, 15) is 0 Å². The van der Waals surface area contributed by atoms with E-state index in [0.717, 1.165) is 22.9 Å². The quantitative estimate of drug-likeness (QED) is 0.855. The lowest BCUT2D eigenvalue weighted by Crippen LogP contribution is -2.31. The van der Waals surface area contributed by atoms with Gasteiger partial charge >= 0.3 is 0 Å². The standard InChI is InChI=1S/C13H17ClN4/c1-8(9-4-5-9)18(3)11-6-10(14)12-13(16-11)17(2)7-15-12/h6-9H,4-5H2,1-3H3. The van der Waals surface area contributed by atoms with Crippen LogP contribution in [0, 0.1) is 5.92 Å². The van der Waals surface area contributed by atoms with Crippen LogP contribution in [0.3, 0.4) is 0 Å². The molecule has 1 aliphatic rings. The predicted molar refractivity (Wildman–Crippen MR) is 74.1 cm³/mol. The van der Waals surface area contributed by atoms with Gasteiger partial charge in [-0.1, -0.05) is 11.6 Å². The summed E-state index contributed by atoms with van der Waals surface area (Å²) in [4.78, 5) is 11.1. The lowest BCUT2D eigenvalue weighted by atomic mass is 10.2. The summed E-state index contributed by atoms with van der Waals surface area (Å²) in [5.74, 6) is 1.73. The van der Waals surface area contributed by atoms with Gasteiger partial charge in [-0.3, -0.25) is 0 Å². The molecule has 0 N–H and O–H groups in total. The van der Waals surface area contributed by atoms with Gasteiger partial charge in [0.05, 0.1) is 11.3 Å². The number of fused-ring (bicyclic) bond motifs is 1. The predicted octanol–water partition coefficient (Wildman–Crippen LogP) is 2.86. The zero-order valence-electron chi connectivity index (χ0n) is 10.9. The third-order valence-corrected chi connectivity index (χ3v) is 4.17. The fourth-order valence-corrected chi connectivity index (χ4v) is 2.56. The molecular formula is C13H17ClN4. The van der Waals surface area contributed by atoms with Gasteiger partial charge in [0.2, 0.25) is 0 Å². The second kappa shape index (κ2) is 4.12. The molecule has 1 atom stereocenters. The van der Waals surface area contributed by atoms with Gasteiger partial charge in [0, 0.05) is 26.2 Å². The van der Waals surface area contributed by atoms with Crippen LogP contribution in [0.25, 0.3) is 11.2 Å². The van der Waals surface area contributed by atoms with Crippen LogP contribution in [0.2, 0.25) is 5.02 Å². The molecule has 3 rings (SSSR count). The number of aromatic nitrogens is 3. The first kappa shape index (κ1) is 11.8. The Morgan fingerprint density at radius 1 is 1.50 bits per heavy atom. The summed E-state index contributed by atoms with van der Waals surface area (Å²) in [6.45, 7) is 2.25. The maximum Gasteiger partial charge on any atom is 0.163 e. The van der Waals surface area contributed by atoms with E-state index in [0.29, 0.717) is 11.1 Å². The van der Waals surface area contributed by atoms with E-state index in [4.69, 9.17) is 11.6 Å². The number of halogens is 1. The maximum absolute atomic E-state index is 6.28. The Balaban J connectivity index is 2.03. The van der Waals surface area contributed by atoms with Gasteiger partial charge in [-0.05, 0) is 25.7 Å². The Morgan fingerprint density at radius 2 is 2.22 bits per heavy atom. The number of anilines is 1. The van der Waals surface area contributed by atoms with Crippen molar-refractivity contribution >= 4 is 28.6 Å². The molecule has 1 saturated carbocycles. The molecule has 5 heteroatoms. The normalized spacial score (nSPS) is 17.1. The van der Waals surface area contributed by atoms with Gasteiger partial charge in [-0.2, -0.15) is 0 Å². The minimum atomic E-state index is 0.513. The van der Waals surface area contributed by atoms with Gasteiger partial charge < -0.3 is 9.47 Å². The summed E-state index contributed by atoms with van der Waals surface area (Å²) in [5, 5.41) is 0.672. The fraction of sp³-hybridized carbons (Fsp3) is 0.538. The molecule has 1 aliphatic carbocycles. The highest BCUT2D eigenvalue weighted by Gasteiger charge is 2.31. The summed E-state index contributed by atoms with van der Waals surface area (Å²) < 4.78 is 1.90. The molecule has 2 heterocycles. The summed E-state index contributed by atoms with van der Waals surface area (Å²) in [7, 11) is 4.02. The zero-order valence-corrected chi connectivity index (χ0v) is 11.6. The van der Waals surface area contributed by atoms with Gasteiger partial charge in [0.15, 0.2) is 5.65 Å². The molecule has 0 amide bonds. The molecule has 0 radical (unpaired) electrons. The largest absolute Gasteiger partial charge is 0.357 e. The van der Waals surface area contributed by atoms with Gasteiger partial charge in [0.25, 0.3) is 0 Å². The van der Waals surface area contributed by atoms with Crippen LogP contribution in [0.15, 0.2) is 12.4 Å². The van der Waals surface area contributed by atoms with E-state index in [2.05, 4.69) is 28.8 Å². The molecular weight excluding hydrogens is 248 g/mol. The SMILES string of the molecule is CC(C1CC1)N(C)c1cc(Cl)c2ncn(C)c2n1. The topological polar surface area (TPSA) is 34.0 Å². The van der Waals surface area contributed by atoms with Crippen molar-refractivity contribution in [1.82, 2.24) is 14.5 Å². The first-order chi connectivity index (χ1) is 8.58. The third kappa shape index (κ3) is 1.85. The van der Waals surface area contributed by atoms with Crippen molar-refractivity contribution in [2.24, 2.45) is 13.0 Å². The van der Waals surface area contributed by atoms with E-state index in [-0.39, 0.29) is 0 Å². The average Bonchev–Trinajstić information content (AvgIpc) is 3.13. The Kier molecular flexibility index (Phi) is 2.70. The number of imidazole rings is 1. The second-order valence-corrected chi connectivity index (χ2v) is 5.59. The van der Waals surface area contributed by atoms with Crippen molar-refractivity contribution in [3.8, 4) is 0 Å². The molecule has 0 spiro atoms. The minimum absolute atomic E-state index is 0.513. The second-order valence-electron chi connectivity index (χ2n) is 5.18. The van der Waals surface area contributed by atoms with Crippen LogP contribution in [0.4, 0.5) is 5.82 Å². The first-order valence-electron chi connectivity index (χ1n) is 6.28. The lowest BCUT2D eigenvalue weighted by molar-refractivity contribution is 0.604. The average molecular weight is 265 g/mol. The van der Waals surface area contributed by atoms with Crippen molar-refractivity contribution in [3.05, 3.63) is 17.4 Å². The molecule has 0 saturated heterocycles. The highest BCUT2D eigenvalue weighted by molar-refractivity contribution is 6.35.